The molecule has 0 spiro atoms. The summed E-state index contributed by atoms with van der Waals surface area (Å²) >= 11 is 0. The summed E-state index contributed by atoms with van der Waals surface area (Å²) in [5, 5.41) is 0.228. The van der Waals surface area contributed by atoms with Crippen LogP contribution in [-0.2, 0) is 4.79 Å². The molecule has 26 heavy (non-hydrogen) atoms. The van der Waals surface area contributed by atoms with Crippen molar-refractivity contribution in [1.29, 1.82) is 0 Å². The lowest BCUT2D eigenvalue weighted by molar-refractivity contribution is -0.131. The van der Waals surface area contributed by atoms with Crippen molar-refractivity contribution in [3.05, 3.63) is 97.1 Å². The van der Waals surface area contributed by atoms with Crippen LogP contribution in [0.25, 0.3) is 12.2 Å². The predicted molar refractivity (Wildman–Crippen MR) is 98.3 cm³/mol. The van der Waals surface area contributed by atoms with Crippen LogP contribution in [0.2, 0.25) is 0 Å². The van der Waals surface area contributed by atoms with Gasteiger partial charge < -0.3 is 14.7 Å². The lowest BCUT2D eigenvalue weighted by Gasteiger charge is -2.04. The van der Waals surface area contributed by atoms with E-state index in [2.05, 4.69) is 9.97 Å². The molecule has 6 heteroatoms. The number of aromatic nitrogens is 2. The monoisotopic (exact) mass is 348 g/mol. The minimum Gasteiger partial charge on any atom is -0.426 e. The number of carbonyl (C=O) groups is 1. The fourth-order valence-corrected chi connectivity index (χ4v) is 2.42. The van der Waals surface area contributed by atoms with Crippen LogP contribution >= 0.6 is 0 Å². The molecule has 0 radical (unpaired) electrons. The predicted octanol–water partition coefficient (Wildman–Crippen LogP) is 0.646. The van der Waals surface area contributed by atoms with Gasteiger partial charge in [0.1, 0.15) is 16.4 Å². The molecular formula is C20H16N2O4. The maximum atomic E-state index is 12.3. The Balaban J connectivity index is 2.12. The Labute approximate surface area is 148 Å². The van der Waals surface area contributed by atoms with Crippen molar-refractivity contribution in [2.75, 3.05) is 0 Å². The van der Waals surface area contributed by atoms with Gasteiger partial charge in [0.15, 0.2) is 0 Å². The third-order valence-electron chi connectivity index (χ3n) is 3.57. The first-order valence-corrected chi connectivity index (χ1v) is 7.91. The number of esters is 1. The normalized spacial score (nSPS) is 12.2. The summed E-state index contributed by atoms with van der Waals surface area (Å²) in [5.41, 5.74) is 0.420. The van der Waals surface area contributed by atoms with E-state index in [0.29, 0.717) is 11.3 Å². The molecule has 0 aliphatic carbocycles. The van der Waals surface area contributed by atoms with E-state index in [9.17, 15) is 14.4 Å². The van der Waals surface area contributed by atoms with Gasteiger partial charge >= 0.3 is 5.97 Å². The molecule has 0 unspecified atom stereocenters. The summed E-state index contributed by atoms with van der Waals surface area (Å²) < 4.78 is 5.11. The third-order valence-corrected chi connectivity index (χ3v) is 3.57. The first-order chi connectivity index (χ1) is 12.5. The Bertz CT molecular complexity index is 1170. The summed E-state index contributed by atoms with van der Waals surface area (Å²) in [4.78, 5) is 41.0. The first-order valence-electron chi connectivity index (χ1n) is 7.91. The SMILES string of the molecule is CC(=O)Oc1ccccc1C=c1[nH]c(=O)c(=Cc2ccccc2)[nH]c1=O. The van der Waals surface area contributed by atoms with Crippen molar-refractivity contribution < 1.29 is 9.53 Å². The zero-order valence-electron chi connectivity index (χ0n) is 14.0. The van der Waals surface area contributed by atoms with Crippen molar-refractivity contribution in [1.82, 2.24) is 9.97 Å². The second kappa shape index (κ2) is 7.48. The smallest absolute Gasteiger partial charge is 0.308 e. The Morgan fingerprint density at radius 1 is 0.846 bits per heavy atom. The Morgan fingerprint density at radius 2 is 1.42 bits per heavy atom. The molecule has 0 saturated heterocycles. The molecule has 130 valence electrons. The van der Waals surface area contributed by atoms with E-state index in [1.165, 1.54) is 13.0 Å². The maximum absolute atomic E-state index is 12.3. The van der Waals surface area contributed by atoms with Crippen LogP contribution in [0.4, 0.5) is 0 Å². The molecule has 0 bridgehead atoms. The summed E-state index contributed by atoms with van der Waals surface area (Å²) in [7, 11) is 0. The largest absolute Gasteiger partial charge is 0.426 e. The van der Waals surface area contributed by atoms with E-state index in [1.807, 2.05) is 30.3 Å². The average Bonchev–Trinajstić information content (AvgIpc) is 2.61. The third kappa shape index (κ3) is 4.05. The number of H-pyrrole nitrogens is 2. The standard InChI is InChI=1S/C20H16N2O4/c1-13(23)26-18-10-6-5-9-15(18)12-17-20(25)21-16(19(24)22-17)11-14-7-3-2-4-8-14/h2-12H,1H3,(H,21,25)(H,22,24). The zero-order chi connectivity index (χ0) is 18.5. The molecule has 0 aliphatic rings. The van der Waals surface area contributed by atoms with E-state index >= 15 is 0 Å². The first kappa shape index (κ1) is 17.2. The highest BCUT2D eigenvalue weighted by atomic mass is 16.5. The summed E-state index contributed by atoms with van der Waals surface area (Å²) in [6.07, 6.45) is 3.06. The van der Waals surface area contributed by atoms with E-state index < -0.39 is 17.1 Å². The van der Waals surface area contributed by atoms with Crippen LogP contribution in [0, 0.1) is 0 Å². The highest BCUT2D eigenvalue weighted by Crippen LogP contribution is 2.18. The number of carbonyl (C=O) groups excluding carboxylic acids is 1. The number of para-hydroxylation sites is 1. The fourth-order valence-electron chi connectivity index (χ4n) is 2.42. The molecule has 3 aromatic rings. The number of ether oxygens (including phenoxy) is 1. The van der Waals surface area contributed by atoms with Gasteiger partial charge in [0.25, 0.3) is 11.1 Å². The molecule has 0 aliphatic heterocycles. The zero-order valence-corrected chi connectivity index (χ0v) is 14.0. The topological polar surface area (TPSA) is 92.0 Å². The van der Waals surface area contributed by atoms with Crippen LogP contribution in [0.5, 0.6) is 5.75 Å². The van der Waals surface area contributed by atoms with Crippen molar-refractivity contribution in [3.8, 4) is 5.75 Å². The van der Waals surface area contributed by atoms with Gasteiger partial charge in [-0.3, -0.25) is 14.4 Å². The van der Waals surface area contributed by atoms with E-state index in [-0.39, 0.29) is 10.7 Å². The minimum absolute atomic E-state index is 0.0693. The van der Waals surface area contributed by atoms with E-state index in [4.69, 9.17) is 4.74 Å². The van der Waals surface area contributed by atoms with Crippen LogP contribution < -0.4 is 26.6 Å². The minimum atomic E-state index is -0.471. The maximum Gasteiger partial charge on any atom is 0.308 e. The van der Waals surface area contributed by atoms with Crippen LogP contribution in [-0.4, -0.2) is 15.9 Å². The summed E-state index contributed by atoms with van der Waals surface area (Å²) in [5.74, 6) is -0.166. The molecule has 0 atom stereocenters. The molecule has 6 nitrogen and oxygen atoms in total. The Kier molecular flexibility index (Phi) is 4.94. The van der Waals surface area contributed by atoms with Gasteiger partial charge in [-0.2, -0.15) is 0 Å². The molecule has 1 heterocycles. The molecule has 2 aromatic carbocycles. The molecule has 0 amide bonds. The van der Waals surface area contributed by atoms with Gasteiger partial charge in [0, 0.05) is 12.5 Å². The van der Waals surface area contributed by atoms with Gasteiger partial charge in [-0.25, -0.2) is 0 Å². The summed E-state index contributed by atoms with van der Waals surface area (Å²) in [6, 6.07) is 15.9. The molecule has 2 N–H and O–H groups in total. The quantitative estimate of drug-likeness (QED) is 0.537. The van der Waals surface area contributed by atoms with Gasteiger partial charge in [0.2, 0.25) is 0 Å². The Morgan fingerprint density at radius 3 is 2.08 bits per heavy atom. The van der Waals surface area contributed by atoms with E-state index in [1.54, 1.807) is 30.3 Å². The molecular weight excluding hydrogens is 332 g/mol. The van der Waals surface area contributed by atoms with Gasteiger partial charge in [-0.05, 0) is 23.8 Å². The fraction of sp³-hybridized carbons (Fsp3) is 0.0500. The van der Waals surface area contributed by atoms with Crippen LogP contribution in [0.15, 0.2) is 64.2 Å². The van der Waals surface area contributed by atoms with Crippen molar-refractivity contribution in [2.45, 2.75) is 6.92 Å². The molecule has 0 fully saturated rings. The Hall–Kier alpha value is -3.67. The number of hydrogen-bond donors (Lipinski definition) is 2. The number of hydrogen-bond acceptors (Lipinski definition) is 4. The van der Waals surface area contributed by atoms with Crippen LogP contribution in [0.1, 0.15) is 18.1 Å². The lowest BCUT2D eigenvalue weighted by Crippen LogP contribution is -2.46. The van der Waals surface area contributed by atoms with Gasteiger partial charge in [0.05, 0.1) is 0 Å². The summed E-state index contributed by atoms with van der Waals surface area (Å²) in [6.45, 7) is 1.29. The van der Waals surface area contributed by atoms with E-state index in [0.717, 1.165) is 5.56 Å². The van der Waals surface area contributed by atoms with Crippen LogP contribution in [0.3, 0.4) is 0 Å². The second-order valence-electron chi connectivity index (χ2n) is 5.57. The highest BCUT2D eigenvalue weighted by Gasteiger charge is 2.04. The highest BCUT2D eigenvalue weighted by molar-refractivity contribution is 5.71. The second-order valence-corrected chi connectivity index (χ2v) is 5.57. The van der Waals surface area contributed by atoms with Crippen molar-refractivity contribution in [3.63, 3.8) is 0 Å². The van der Waals surface area contributed by atoms with Gasteiger partial charge in [-0.15, -0.1) is 0 Å². The molecule has 3 rings (SSSR count). The lowest BCUT2D eigenvalue weighted by atomic mass is 10.2. The number of rotatable bonds is 3. The van der Waals surface area contributed by atoms with Crippen molar-refractivity contribution >= 4 is 18.1 Å². The molecule has 1 aromatic heterocycles. The van der Waals surface area contributed by atoms with Crippen molar-refractivity contribution in [2.24, 2.45) is 0 Å². The van der Waals surface area contributed by atoms with Gasteiger partial charge in [-0.1, -0.05) is 48.5 Å². The average molecular weight is 348 g/mol. The molecule has 0 saturated carbocycles. The number of nitrogens with one attached hydrogen (secondary N) is 2. The number of benzene rings is 2. The number of aromatic amines is 2.